The molecular formula is C19H24F2N6O2. The van der Waals surface area contributed by atoms with Gasteiger partial charge in [0.1, 0.15) is 11.6 Å². The van der Waals surface area contributed by atoms with Crippen molar-refractivity contribution >= 4 is 17.6 Å². The lowest BCUT2D eigenvalue weighted by Crippen LogP contribution is -2.45. The van der Waals surface area contributed by atoms with E-state index in [0.717, 1.165) is 0 Å². The van der Waals surface area contributed by atoms with E-state index in [1.54, 1.807) is 6.07 Å². The molecule has 2 fully saturated rings. The number of morpholine rings is 2. The van der Waals surface area contributed by atoms with Crippen molar-refractivity contribution in [2.75, 3.05) is 61.6 Å². The van der Waals surface area contributed by atoms with E-state index in [9.17, 15) is 8.78 Å². The van der Waals surface area contributed by atoms with E-state index in [-0.39, 0.29) is 23.0 Å². The van der Waals surface area contributed by atoms with E-state index in [2.05, 4.69) is 14.9 Å². The Labute approximate surface area is 167 Å². The van der Waals surface area contributed by atoms with Gasteiger partial charge in [-0.1, -0.05) is 0 Å². The van der Waals surface area contributed by atoms with Crippen molar-refractivity contribution in [3.63, 3.8) is 0 Å². The molecule has 2 saturated heterocycles. The number of pyridine rings is 1. The zero-order valence-electron chi connectivity index (χ0n) is 16.2. The number of hydrogen-bond acceptors (Lipinski definition) is 8. The number of nitrogen functional groups attached to an aromatic ring is 1. The fourth-order valence-electron chi connectivity index (χ4n) is 3.55. The maximum Gasteiger partial charge on any atom is 0.264 e. The van der Waals surface area contributed by atoms with Crippen molar-refractivity contribution in [3.05, 3.63) is 23.9 Å². The molecule has 156 valence electrons. The number of hydrogen-bond donors (Lipinski definition) is 1. The highest BCUT2D eigenvalue weighted by atomic mass is 19.3. The van der Waals surface area contributed by atoms with Gasteiger partial charge in [-0.15, -0.1) is 0 Å². The van der Waals surface area contributed by atoms with Crippen LogP contribution >= 0.6 is 0 Å². The molecule has 0 aromatic carbocycles. The third kappa shape index (κ3) is 4.23. The van der Waals surface area contributed by atoms with Gasteiger partial charge in [-0.3, -0.25) is 0 Å². The molecule has 2 aromatic heterocycles. The quantitative estimate of drug-likeness (QED) is 0.826. The van der Waals surface area contributed by atoms with E-state index in [4.69, 9.17) is 20.2 Å². The molecule has 0 saturated carbocycles. The van der Waals surface area contributed by atoms with Gasteiger partial charge in [0.05, 0.1) is 38.2 Å². The van der Waals surface area contributed by atoms with Crippen molar-refractivity contribution in [2.24, 2.45) is 0 Å². The molecule has 2 aliphatic heterocycles. The Morgan fingerprint density at radius 2 is 1.86 bits per heavy atom. The van der Waals surface area contributed by atoms with Gasteiger partial charge < -0.3 is 25.0 Å². The molecule has 29 heavy (non-hydrogen) atoms. The zero-order valence-corrected chi connectivity index (χ0v) is 16.2. The standard InChI is InChI=1S/C19H24F2N6O2/c1-12-11-29-7-4-27(12)19-24-15(9-17(25-19)26-2-5-28-6-3-26)14-10-23-16(22)8-13(14)18(20)21/h8-10,12,18H,2-7,11H2,1H3,(H2,22,23)/t12-/m0/s1. The fourth-order valence-corrected chi connectivity index (χ4v) is 3.55. The summed E-state index contributed by atoms with van der Waals surface area (Å²) in [5.41, 5.74) is 6.10. The van der Waals surface area contributed by atoms with Crippen LogP contribution < -0.4 is 15.5 Å². The molecule has 0 aliphatic carbocycles. The van der Waals surface area contributed by atoms with Crippen LogP contribution in [0.5, 0.6) is 0 Å². The van der Waals surface area contributed by atoms with Gasteiger partial charge in [0.25, 0.3) is 6.43 Å². The number of nitrogens with two attached hydrogens (primary N) is 1. The van der Waals surface area contributed by atoms with E-state index >= 15 is 0 Å². The van der Waals surface area contributed by atoms with Gasteiger partial charge in [0, 0.05) is 43.0 Å². The second-order valence-corrected chi connectivity index (χ2v) is 7.13. The number of halogens is 2. The predicted octanol–water partition coefficient (Wildman–Crippen LogP) is 2.12. The molecule has 0 bridgehead atoms. The largest absolute Gasteiger partial charge is 0.384 e. The van der Waals surface area contributed by atoms with Gasteiger partial charge in [0.2, 0.25) is 5.95 Å². The summed E-state index contributed by atoms with van der Waals surface area (Å²) in [5, 5.41) is 0. The first-order valence-electron chi connectivity index (χ1n) is 9.63. The van der Waals surface area contributed by atoms with Crippen molar-refractivity contribution in [1.82, 2.24) is 15.0 Å². The van der Waals surface area contributed by atoms with Crippen LogP contribution in [0.4, 0.5) is 26.4 Å². The minimum Gasteiger partial charge on any atom is -0.384 e. The maximum atomic E-state index is 13.7. The van der Waals surface area contributed by atoms with Crippen LogP contribution in [0.2, 0.25) is 0 Å². The van der Waals surface area contributed by atoms with Crippen LogP contribution in [-0.2, 0) is 9.47 Å². The Balaban J connectivity index is 1.81. The number of nitrogens with zero attached hydrogens (tertiary/aromatic N) is 5. The summed E-state index contributed by atoms with van der Waals surface area (Å²) in [6, 6.07) is 3.02. The highest BCUT2D eigenvalue weighted by Gasteiger charge is 2.25. The summed E-state index contributed by atoms with van der Waals surface area (Å²) in [6.45, 7) is 6.33. The third-order valence-corrected chi connectivity index (χ3v) is 5.13. The molecular weight excluding hydrogens is 382 g/mol. The molecule has 0 radical (unpaired) electrons. The van der Waals surface area contributed by atoms with Crippen LogP contribution in [0.15, 0.2) is 18.3 Å². The smallest absolute Gasteiger partial charge is 0.264 e. The van der Waals surface area contributed by atoms with Gasteiger partial charge in [0.15, 0.2) is 0 Å². The highest BCUT2D eigenvalue weighted by molar-refractivity contribution is 5.69. The molecule has 4 heterocycles. The molecule has 10 heteroatoms. The average molecular weight is 406 g/mol. The van der Waals surface area contributed by atoms with Crippen molar-refractivity contribution in [3.8, 4) is 11.3 Å². The summed E-state index contributed by atoms with van der Waals surface area (Å²) >= 11 is 0. The fraction of sp³-hybridized carbons (Fsp3) is 0.526. The Kier molecular flexibility index (Phi) is 5.72. The Hall–Kier alpha value is -2.59. The van der Waals surface area contributed by atoms with Crippen molar-refractivity contribution < 1.29 is 18.3 Å². The Morgan fingerprint density at radius 3 is 2.59 bits per heavy atom. The number of rotatable bonds is 4. The van der Waals surface area contributed by atoms with Crippen molar-refractivity contribution in [2.45, 2.75) is 19.4 Å². The average Bonchev–Trinajstić information content (AvgIpc) is 2.74. The van der Waals surface area contributed by atoms with E-state index in [1.807, 2.05) is 11.8 Å². The second kappa shape index (κ2) is 8.42. The van der Waals surface area contributed by atoms with Crippen LogP contribution in [0.3, 0.4) is 0 Å². The molecule has 0 spiro atoms. The summed E-state index contributed by atoms with van der Waals surface area (Å²) in [5.74, 6) is 1.23. The van der Waals surface area contributed by atoms with Gasteiger partial charge in [-0.2, -0.15) is 4.98 Å². The van der Waals surface area contributed by atoms with E-state index in [1.165, 1.54) is 12.3 Å². The summed E-state index contributed by atoms with van der Waals surface area (Å²) in [4.78, 5) is 17.5. The van der Waals surface area contributed by atoms with Crippen LogP contribution in [0, 0.1) is 0 Å². The monoisotopic (exact) mass is 406 g/mol. The lowest BCUT2D eigenvalue weighted by molar-refractivity contribution is 0.0980. The van der Waals surface area contributed by atoms with Crippen molar-refractivity contribution in [1.29, 1.82) is 0 Å². The second-order valence-electron chi connectivity index (χ2n) is 7.13. The minimum absolute atomic E-state index is 0.0496. The first kappa shape index (κ1) is 19.7. The Bertz CT molecular complexity index is 863. The molecule has 0 amide bonds. The topological polar surface area (TPSA) is 89.6 Å². The first-order valence-corrected chi connectivity index (χ1v) is 9.63. The Morgan fingerprint density at radius 1 is 1.10 bits per heavy atom. The molecule has 4 rings (SSSR count). The SMILES string of the molecule is C[C@H]1COCCN1c1nc(-c2cnc(N)cc2C(F)F)cc(N2CCOCC2)n1. The lowest BCUT2D eigenvalue weighted by atomic mass is 10.1. The number of alkyl halides is 2. The van der Waals surface area contributed by atoms with Crippen LogP contribution in [0.25, 0.3) is 11.3 Å². The lowest BCUT2D eigenvalue weighted by Gasteiger charge is -2.35. The number of anilines is 3. The molecule has 8 nitrogen and oxygen atoms in total. The van der Waals surface area contributed by atoms with Gasteiger partial charge in [-0.25, -0.2) is 18.7 Å². The minimum atomic E-state index is -2.69. The number of aromatic nitrogens is 3. The van der Waals surface area contributed by atoms with E-state index in [0.29, 0.717) is 63.5 Å². The van der Waals surface area contributed by atoms with Gasteiger partial charge in [-0.05, 0) is 13.0 Å². The maximum absolute atomic E-state index is 13.7. The predicted molar refractivity (Wildman–Crippen MR) is 105 cm³/mol. The van der Waals surface area contributed by atoms with Crippen LogP contribution in [-0.4, -0.2) is 67.1 Å². The first-order chi connectivity index (χ1) is 14.0. The molecule has 2 aliphatic rings. The summed E-state index contributed by atoms with van der Waals surface area (Å²) in [7, 11) is 0. The summed E-state index contributed by atoms with van der Waals surface area (Å²) < 4.78 is 38.3. The molecule has 2 N–H and O–H groups in total. The molecule has 1 atom stereocenters. The molecule has 0 unspecified atom stereocenters. The normalized spacial score (nSPS) is 20.3. The number of ether oxygens (including phenoxy) is 2. The van der Waals surface area contributed by atoms with Crippen LogP contribution in [0.1, 0.15) is 18.9 Å². The van der Waals surface area contributed by atoms with E-state index < -0.39 is 6.43 Å². The zero-order chi connectivity index (χ0) is 20.4. The third-order valence-electron chi connectivity index (χ3n) is 5.13. The highest BCUT2D eigenvalue weighted by Crippen LogP contribution is 2.33. The summed E-state index contributed by atoms with van der Waals surface area (Å²) in [6.07, 6.45) is -1.34. The van der Waals surface area contributed by atoms with Gasteiger partial charge >= 0.3 is 0 Å². The molecule has 2 aromatic rings.